The number of hydrogen-bond acceptors (Lipinski definition) is 2. The van der Waals surface area contributed by atoms with Crippen molar-refractivity contribution in [1.29, 1.82) is 0 Å². The van der Waals surface area contributed by atoms with Crippen LogP contribution in [0.1, 0.15) is 11.3 Å². The summed E-state index contributed by atoms with van der Waals surface area (Å²) in [5.74, 6) is 5.03. The van der Waals surface area contributed by atoms with Crippen molar-refractivity contribution in [2.24, 2.45) is 12.9 Å². The SMILES string of the molecule is Cc1cc2cc(CON)ccc2n1C. The van der Waals surface area contributed by atoms with Gasteiger partial charge in [0, 0.05) is 23.6 Å². The van der Waals surface area contributed by atoms with Gasteiger partial charge in [0.25, 0.3) is 0 Å². The largest absolute Gasteiger partial charge is 0.348 e. The molecule has 3 heteroatoms. The summed E-state index contributed by atoms with van der Waals surface area (Å²) in [6, 6.07) is 8.40. The molecule has 1 aromatic heterocycles. The van der Waals surface area contributed by atoms with Crippen molar-refractivity contribution in [3.05, 3.63) is 35.5 Å². The lowest BCUT2D eigenvalue weighted by molar-refractivity contribution is 0.124. The molecule has 14 heavy (non-hydrogen) atoms. The molecule has 74 valence electrons. The van der Waals surface area contributed by atoms with Crippen LogP contribution in [0.25, 0.3) is 10.9 Å². The zero-order valence-corrected chi connectivity index (χ0v) is 8.45. The third-order valence-electron chi connectivity index (χ3n) is 2.60. The van der Waals surface area contributed by atoms with Gasteiger partial charge >= 0.3 is 0 Å². The summed E-state index contributed by atoms with van der Waals surface area (Å²) in [5.41, 5.74) is 3.60. The van der Waals surface area contributed by atoms with Gasteiger partial charge in [0.1, 0.15) is 0 Å². The van der Waals surface area contributed by atoms with E-state index < -0.39 is 0 Å². The van der Waals surface area contributed by atoms with E-state index in [0.717, 1.165) is 5.56 Å². The number of aryl methyl sites for hydroxylation is 2. The molecule has 2 rings (SSSR count). The summed E-state index contributed by atoms with van der Waals surface area (Å²) >= 11 is 0. The highest BCUT2D eigenvalue weighted by atomic mass is 16.6. The smallest absolute Gasteiger partial charge is 0.0930 e. The van der Waals surface area contributed by atoms with E-state index >= 15 is 0 Å². The second kappa shape index (κ2) is 3.44. The minimum Gasteiger partial charge on any atom is -0.348 e. The molecule has 0 bridgehead atoms. The van der Waals surface area contributed by atoms with Crippen molar-refractivity contribution in [2.75, 3.05) is 0 Å². The maximum absolute atomic E-state index is 5.03. The number of benzene rings is 1. The predicted octanol–water partition coefficient (Wildman–Crippen LogP) is 1.88. The molecule has 0 spiro atoms. The molecule has 0 amide bonds. The molecular formula is C11H14N2O. The number of nitrogens with zero attached hydrogens (tertiary/aromatic N) is 1. The van der Waals surface area contributed by atoms with E-state index in [9.17, 15) is 0 Å². The molecule has 0 unspecified atom stereocenters. The minimum atomic E-state index is 0.462. The van der Waals surface area contributed by atoms with Gasteiger partial charge in [-0.1, -0.05) is 6.07 Å². The first-order valence-corrected chi connectivity index (χ1v) is 4.59. The molecule has 0 aliphatic rings. The summed E-state index contributed by atoms with van der Waals surface area (Å²) in [4.78, 5) is 4.61. The molecular weight excluding hydrogens is 176 g/mol. The fraction of sp³-hybridized carbons (Fsp3) is 0.273. The quantitative estimate of drug-likeness (QED) is 0.734. The van der Waals surface area contributed by atoms with Crippen LogP contribution in [0.2, 0.25) is 0 Å². The molecule has 0 aliphatic heterocycles. The first-order valence-electron chi connectivity index (χ1n) is 4.59. The Bertz CT molecular complexity index is 460. The Labute approximate surface area is 83.0 Å². The van der Waals surface area contributed by atoms with E-state index in [4.69, 9.17) is 5.90 Å². The standard InChI is InChI=1S/C11H14N2O/c1-8-5-10-6-9(7-14-12)3-4-11(10)13(8)2/h3-6H,7,12H2,1-2H3. The molecule has 0 saturated carbocycles. The summed E-state index contributed by atoms with van der Waals surface area (Å²) in [7, 11) is 2.07. The predicted molar refractivity (Wildman–Crippen MR) is 56.6 cm³/mol. The van der Waals surface area contributed by atoms with Gasteiger partial charge < -0.3 is 4.57 Å². The number of aromatic nitrogens is 1. The first-order chi connectivity index (χ1) is 6.72. The van der Waals surface area contributed by atoms with E-state index in [1.54, 1.807) is 0 Å². The fourth-order valence-electron chi connectivity index (χ4n) is 1.72. The molecule has 3 nitrogen and oxygen atoms in total. The Morgan fingerprint density at radius 1 is 1.36 bits per heavy atom. The van der Waals surface area contributed by atoms with Crippen LogP contribution >= 0.6 is 0 Å². The Kier molecular flexibility index (Phi) is 2.27. The average molecular weight is 190 g/mol. The van der Waals surface area contributed by atoms with Crippen LogP contribution in [0.4, 0.5) is 0 Å². The van der Waals surface area contributed by atoms with Crippen molar-refractivity contribution >= 4 is 10.9 Å². The molecule has 0 aliphatic carbocycles. The molecule has 1 aromatic carbocycles. The van der Waals surface area contributed by atoms with Gasteiger partial charge in [-0.05, 0) is 30.7 Å². The minimum absolute atomic E-state index is 0.462. The van der Waals surface area contributed by atoms with Gasteiger partial charge in [0.2, 0.25) is 0 Å². The molecule has 0 atom stereocenters. The van der Waals surface area contributed by atoms with Crippen LogP contribution in [-0.2, 0) is 18.5 Å². The Balaban J connectivity index is 2.56. The van der Waals surface area contributed by atoms with Gasteiger partial charge in [0.15, 0.2) is 0 Å². The zero-order valence-electron chi connectivity index (χ0n) is 8.45. The van der Waals surface area contributed by atoms with Crippen LogP contribution in [0, 0.1) is 6.92 Å². The third-order valence-corrected chi connectivity index (χ3v) is 2.60. The average Bonchev–Trinajstić information content (AvgIpc) is 2.43. The molecule has 0 saturated heterocycles. The number of hydrogen-bond donors (Lipinski definition) is 1. The molecule has 0 radical (unpaired) electrons. The number of fused-ring (bicyclic) bond motifs is 1. The van der Waals surface area contributed by atoms with Gasteiger partial charge in [-0.2, -0.15) is 0 Å². The van der Waals surface area contributed by atoms with Crippen LogP contribution in [0.15, 0.2) is 24.3 Å². The van der Waals surface area contributed by atoms with Gasteiger partial charge in [-0.15, -0.1) is 0 Å². The van der Waals surface area contributed by atoms with Gasteiger partial charge in [-0.3, -0.25) is 4.84 Å². The topological polar surface area (TPSA) is 40.2 Å². The number of rotatable bonds is 2. The van der Waals surface area contributed by atoms with Gasteiger partial charge in [-0.25, -0.2) is 5.90 Å². The fourth-order valence-corrected chi connectivity index (χ4v) is 1.72. The highest BCUT2D eigenvalue weighted by molar-refractivity contribution is 5.81. The van der Waals surface area contributed by atoms with Crippen LogP contribution in [0.5, 0.6) is 0 Å². The van der Waals surface area contributed by atoms with Crippen LogP contribution < -0.4 is 5.90 Å². The normalized spacial score (nSPS) is 11.1. The zero-order chi connectivity index (χ0) is 10.1. The monoisotopic (exact) mass is 190 g/mol. The van der Waals surface area contributed by atoms with Crippen LogP contribution in [-0.4, -0.2) is 4.57 Å². The summed E-state index contributed by atoms with van der Waals surface area (Å²) in [6.45, 7) is 2.56. The second-order valence-electron chi connectivity index (χ2n) is 3.55. The lowest BCUT2D eigenvalue weighted by Gasteiger charge is -2.01. The molecule has 2 aromatic rings. The van der Waals surface area contributed by atoms with E-state index in [-0.39, 0.29) is 0 Å². The van der Waals surface area contributed by atoms with Crippen molar-refractivity contribution in [2.45, 2.75) is 13.5 Å². The van der Waals surface area contributed by atoms with E-state index in [2.05, 4.69) is 41.6 Å². The van der Waals surface area contributed by atoms with Gasteiger partial charge in [0.05, 0.1) is 6.61 Å². The maximum Gasteiger partial charge on any atom is 0.0930 e. The second-order valence-corrected chi connectivity index (χ2v) is 3.55. The third kappa shape index (κ3) is 1.41. The lowest BCUT2D eigenvalue weighted by Crippen LogP contribution is -1.98. The van der Waals surface area contributed by atoms with Crippen molar-refractivity contribution in [1.82, 2.24) is 4.57 Å². The molecule has 0 fully saturated rings. The van der Waals surface area contributed by atoms with Crippen molar-refractivity contribution in [3.63, 3.8) is 0 Å². The van der Waals surface area contributed by atoms with Crippen molar-refractivity contribution < 1.29 is 4.84 Å². The highest BCUT2D eigenvalue weighted by Crippen LogP contribution is 2.19. The van der Waals surface area contributed by atoms with E-state index in [0.29, 0.717) is 6.61 Å². The maximum atomic E-state index is 5.03. The summed E-state index contributed by atoms with van der Waals surface area (Å²) in [6.07, 6.45) is 0. The van der Waals surface area contributed by atoms with Crippen molar-refractivity contribution in [3.8, 4) is 0 Å². The molecule has 2 N–H and O–H groups in total. The van der Waals surface area contributed by atoms with Crippen LogP contribution in [0.3, 0.4) is 0 Å². The van der Waals surface area contributed by atoms with E-state index in [1.807, 2.05) is 6.07 Å². The number of nitrogens with two attached hydrogens (primary N) is 1. The Morgan fingerprint density at radius 2 is 2.14 bits per heavy atom. The molecule has 1 heterocycles. The first kappa shape index (κ1) is 9.24. The van der Waals surface area contributed by atoms with E-state index in [1.165, 1.54) is 16.6 Å². The summed E-state index contributed by atoms with van der Waals surface area (Å²) < 4.78 is 2.17. The summed E-state index contributed by atoms with van der Waals surface area (Å²) in [5, 5.41) is 1.24. The Morgan fingerprint density at radius 3 is 2.86 bits per heavy atom. The lowest BCUT2D eigenvalue weighted by atomic mass is 10.2. The highest BCUT2D eigenvalue weighted by Gasteiger charge is 2.02. The Hall–Kier alpha value is -1.32.